The van der Waals surface area contributed by atoms with E-state index in [1.54, 1.807) is 6.07 Å². The molecule has 3 rings (SSSR count). The van der Waals surface area contributed by atoms with E-state index in [1.807, 2.05) is 24.3 Å². The van der Waals surface area contributed by atoms with Crippen molar-refractivity contribution in [1.82, 2.24) is 9.88 Å². The van der Waals surface area contributed by atoms with Crippen LogP contribution >= 0.6 is 0 Å². The Morgan fingerprint density at radius 1 is 1.20 bits per heavy atom. The first-order valence-electron chi connectivity index (χ1n) is 8.42. The monoisotopic (exact) mass is 342 g/mol. The summed E-state index contributed by atoms with van der Waals surface area (Å²) in [6.45, 7) is -0.863. The van der Waals surface area contributed by atoms with Crippen LogP contribution in [0.25, 0.3) is 16.5 Å². The van der Waals surface area contributed by atoms with Crippen molar-refractivity contribution in [3.63, 3.8) is 0 Å². The summed E-state index contributed by atoms with van der Waals surface area (Å²) < 4.78 is 17.7. The van der Waals surface area contributed by atoms with Gasteiger partial charge in [-0.3, -0.25) is 0 Å². The third-order valence-corrected chi connectivity index (χ3v) is 4.31. The van der Waals surface area contributed by atoms with Crippen LogP contribution in [0.5, 0.6) is 5.75 Å². The Balaban J connectivity index is 1.79. The van der Waals surface area contributed by atoms with E-state index in [9.17, 15) is 9.50 Å². The summed E-state index contributed by atoms with van der Waals surface area (Å²) >= 11 is 0. The molecule has 0 spiro atoms. The second-order valence-electron chi connectivity index (χ2n) is 6.41. The summed E-state index contributed by atoms with van der Waals surface area (Å²) in [6.07, 6.45) is 5.20. The minimum atomic E-state index is -1.09. The number of rotatable bonds is 6. The predicted molar refractivity (Wildman–Crippen MR) is 98.2 cm³/mol. The van der Waals surface area contributed by atoms with Crippen LogP contribution in [0.4, 0.5) is 4.39 Å². The van der Waals surface area contributed by atoms with Gasteiger partial charge in [-0.15, -0.1) is 0 Å². The first kappa shape index (κ1) is 17.4. The zero-order valence-corrected chi connectivity index (χ0v) is 14.6. The zero-order chi connectivity index (χ0) is 17.8. The van der Waals surface area contributed by atoms with E-state index in [1.165, 1.54) is 11.3 Å². The van der Waals surface area contributed by atoms with Crippen LogP contribution in [-0.2, 0) is 0 Å². The van der Waals surface area contributed by atoms with Gasteiger partial charge in [0.15, 0.2) is 0 Å². The highest BCUT2D eigenvalue weighted by Gasteiger charge is 2.11. The predicted octanol–water partition coefficient (Wildman–Crippen LogP) is 3.57. The molecule has 1 aromatic heterocycles. The average molecular weight is 342 g/mol. The number of aliphatic hydroxyl groups is 1. The number of hydrogen-bond acceptors (Lipinski definition) is 4. The van der Waals surface area contributed by atoms with E-state index in [-0.39, 0.29) is 6.61 Å². The molecule has 1 aliphatic carbocycles. The molecule has 25 heavy (non-hydrogen) atoms. The lowest BCUT2D eigenvalue weighted by Gasteiger charge is -2.21. The number of ether oxygens (including phenoxy) is 1. The molecule has 0 fully saturated rings. The van der Waals surface area contributed by atoms with Crippen molar-refractivity contribution in [3.8, 4) is 5.75 Å². The number of nitrogens with zero attached hydrogens (tertiary/aromatic N) is 2. The standard InChI is InChI=1S/C20H23FN2O2/c1-23(2)16-6-3-14(4-7-16)19-9-5-15-11-18(8-10-20(15)22-19)25-13-17(24)12-21/h3,5-6,8-11,17,24H,4,7,12-13H2,1-2H3. The maximum absolute atomic E-state index is 12.3. The highest BCUT2D eigenvalue weighted by Crippen LogP contribution is 2.28. The van der Waals surface area contributed by atoms with Crippen LogP contribution in [0.1, 0.15) is 18.5 Å². The number of halogens is 1. The molecule has 1 unspecified atom stereocenters. The molecule has 1 atom stereocenters. The Hall–Kier alpha value is -2.40. The SMILES string of the molecule is CN(C)C1=CC=C(c2ccc3cc(OCC(O)CF)ccc3n2)CC1. The summed E-state index contributed by atoms with van der Waals surface area (Å²) in [5.41, 5.74) is 4.43. The minimum Gasteiger partial charge on any atom is -0.491 e. The lowest BCUT2D eigenvalue weighted by atomic mass is 9.98. The van der Waals surface area contributed by atoms with Gasteiger partial charge in [0.2, 0.25) is 0 Å². The van der Waals surface area contributed by atoms with E-state index in [0.717, 1.165) is 29.4 Å². The molecule has 132 valence electrons. The molecule has 0 amide bonds. The lowest BCUT2D eigenvalue weighted by Crippen LogP contribution is -2.19. The van der Waals surface area contributed by atoms with Crippen LogP contribution < -0.4 is 4.74 Å². The molecule has 4 nitrogen and oxygen atoms in total. The number of pyridine rings is 1. The van der Waals surface area contributed by atoms with Crippen molar-refractivity contribution in [2.45, 2.75) is 18.9 Å². The molecule has 2 aromatic rings. The molecule has 0 bridgehead atoms. The Bertz CT molecular complexity index is 814. The van der Waals surface area contributed by atoms with Crippen LogP contribution in [0.15, 0.2) is 48.2 Å². The van der Waals surface area contributed by atoms with Gasteiger partial charge in [-0.1, -0.05) is 12.1 Å². The Kier molecular flexibility index (Phi) is 5.34. The quantitative estimate of drug-likeness (QED) is 0.872. The lowest BCUT2D eigenvalue weighted by molar-refractivity contribution is 0.0842. The van der Waals surface area contributed by atoms with Crippen molar-refractivity contribution in [3.05, 3.63) is 53.9 Å². The molecule has 0 saturated heterocycles. The van der Waals surface area contributed by atoms with E-state index in [0.29, 0.717) is 5.75 Å². The van der Waals surface area contributed by atoms with Gasteiger partial charge in [0.1, 0.15) is 25.1 Å². The maximum Gasteiger partial charge on any atom is 0.120 e. The number of benzene rings is 1. The normalized spacial score (nSPS) is 15.5. The van der Waals surface area contributed by atoms with Crippen LogP contribution in [-0.4, -0.2) is 48.5 Å². The van der Waals surface area contributed by atoms with Crippen molar-refractivity contribution in [2.24, 2.45) is 0 Å². The topological polar surface area (TPSA) is 45.6 Å². The zero-order valence-electron chi connectivity index (χ0n) is 14.6. The number of aromatic nitrogens is 1. The molecule has 1 aliphatic rings. The number of fused-ring (bicyclic) bond motifs is 1. The van der Waals surface area contributed by atoms with Gasteiger partial charge < -0.3 is 14.7 Å². The highest BCUT2D eigenvalue weighted by atomic mass is 19.1. The Morgan fingerprint density at radius 2 is 2.04 bits per heavy atom. The van der Waals surface area contributed by atoms with Gasteiger partial charge >= 0.3 is 0 Å². The molecule has 0 saturated carbocycles. The summed E-state index contributed by atoms with van der Waals surface area (Å²) in [6, 6.07) is 9.57. The van der Waals surface area contributed by atoms with Gasteiger partial charge in [-0.2, -0.15) is 0 Å². The van der Waals surface area contributed by atoms with Gasteiger partial charge in [0.05, 0.1) is 11.2 Å². The second-order valence-corrected chi connectivity index (χ2v) is 6.41. The first-order valence-corrected chi connectivity index (χ1v) is 8.42. The number of aliphatic hydroxyl groups excluding tert-OH is 1. The molecular weight excluding hydrogens is 319 g/mol. The van der Waals surface area contributed by atoms with Gasteiger partial charge in [-0.25, -0.2) is 9.37 Å². The summed E-state index contributed by atoms with van der Waals surface area (Å²) in [7, 11) is 4.12. The molecule has 5 heteroatoms. The van der Waals surface area contributed by atoms with Crippen LogP contribution in [0.3, 0.4) is 0 Å². The van der Waals surface area contributed by atoms with E-state index < -0.39 is 12.8 Å². The Morgan fingerprint density at radius 3 is 2.72 bits per heavy atom. The second kappa shape index (κ2) is 7.66. The van der Waals surface area contributed by atoms with E-state index >= 15 is 0 Å². The van der Waals surface area contributed by atoms with Crippen molar-refractivity contribution < 1.29 is 14.2 Å². The summed E-state index contributed by atoms with van der Waals surface area (Å²) in [5, 5.41) is 10.2. The third-order valence-electron chi connectivity index (χ3n) is 4.31. The molecule has 0 radical (unpaired) electrons. The molecular formula is C20H23FN2O2. The molecule has 1 N–H and O–H groups in total. The maximum atomic E-state index is 12.3. The molecule has 1 aromatic carbocycles. The fourth-order valence-electron chi connectivity index (χ4n) is 2.82. The fourth-order valence-corrected chi connectivity index (χ4v) is 2.82. The van der Waals surface area contributed by atoms with Crippen LogP contribution in [0, 0.1) is 0 Å². The molecule has 1 heterocycles. The van der Waals surface area contributed by atoms with Crippen molar-refractivity contribution in [2.75, 3.05) is 27.4 Å². The smallest absolute Gasteiger partial charge is 0.120 e. The minimum absolute atomic E-state index is 0.0546. The fraction of sp³-hybridized carbons (Fsp3) is 0.350. The summed E-state index contributed by atoms with van der Waals surface area (Å²) in [4.78, 5) is 6.89. The van der Waals surface area contributed by atoms with Crippen molar-refractivity contribution in [1.29, 1.82) is 0 Å². The number of alkyl halides is 1. The van der Waals surface area contributed by atoms with Crippen LogP contribution in [0.2, 0.25) is 0 Å². The number of hydrogen-bond donors (Lipinski definition) is 1. The van der Waals surface area contributed by atoms with Gasteiger partial charge in [0, 0.05) is 25.2 Å². The van der Waals surface area contributed by atoms with Gasteiger partial charge in [-0.05, 0) is 48.8 Å². The average Bonchev–Trinajstić information content (AvgIpc) is 2.65. The van der Waals surface area contributed by atoms with Crippen molar-refractivity contribution >= 4 is 16.5 Å². The third kappa shape index (κ3) is 4.17. The van der Waals surface area contributed by atoms with E-state index in [2.05, 4.69) is 31.1 Å². The summed E-state index contributed by atoms with van der Waals surface area (Å²) in [5.74, 6) is 0.602. The largest absolute Gasteiger partial charge is 0.491 e. The molecule has 0 aliphatic heterocycles. The highest BCUT2D eigenvalue weighted by molar-refractivity contribution is 5.82. The van der Waals surface area contributed by atoms with Gasteiger partial charge in [0.25, 0.3) is 0 Å². The van der Waals surface area contributed by atoms with E-state index in [4.69, 9.17) is 9.72 Å². The number of allylic oxidation sites excluding steroid dienone is 4. The Labute approximate surface area is 147 Å². The first-order chi connectivity index (χ1) is 12.1.